The van der Waals surface area contributed by atoms with Crippen molar-refractivity contribution >= 4 is 5.82 Å². The highest BCUT2D eigenvalue weighted by atomic mass is 19.1. The van der Waals surface area contributed by atoms with E-state index in [4.69, 9.17) is 4.74 Å². The van der Waals surface area contributed by atoms with E-state index in [1.165, 1.54) is 30.3 Å². The molecule has 0 amide bonds. The van der Waals surface area contributed by atoms with Crippen LogP contribution in [-0.2, 0) is 19.5 Å². The molecule has 0 bridgehead atoms. The minimum absolute atomic E-state index is 0.0632. The second-order valence-electron chi connectivity index (χ2n) is 8.37. The quantitative estimate of drug-likeness (QED) is 0.384. The molecule has 0 N–H and O–H groups in total. The van der Waals surface area contributed by atoms with Gasteiger partial charge in [-0.3, -0.25) is 9.55 Å². The molecular formula is C24H29F2N5O3. The maximum atomic E-state index is 13.2. The average Bonchev–Trinajstić information content (AvgIpc) is 3.31. The molecule has 1 aromatic carbocycles. The zero-order chi connectivity index (χ0) is 24.8. The summed E-state index contributed by atoms with van der Waals surface area (Å²) in [5, 5.41) is 10.3. The maximum Gasteiger partial charge on any atom is 0.414 e. The van der Waals surface area contributed by atoms with Gasteiger partial charge in [0.1, 0.15) is 23.9 Å². The molecule has 10 heteroatoms. The van der Waals surface area contributed by atoms with Crippen LogP contribution in [0.25, 0.3) is 11.3 Å². The van der Waals surface area contributed by atoms with Crippen LogP contribution in [0, 0.1) is 21.7 Å². The van der Waals surface area contributed by atoms with Crippen LogP contribution in [-0.4, -0.2) is 44.1 Å². The summed E-state index contributed by atoms with van der Waals surface area (Å²) in [6.45, 7) is 8.61. The maximum absolute atomic E-state index is 13.2. The first-order chi connectivity index (χ1) is 16.2. The van der Waals surface area contributed by atoms with Crippen molar-refractivity contribution in [2.75, 3.05) is 13.6 Å². The predicted molar refractivity (Wildman–Crippen MR) is 125 cm³/mol. The Labute approximate surface area is 197 Å². The second kappa shape index (κ2) is 11.1. The normalized spacial score (nSPS) is 16.2. The minimum Gasteiger partial charge on any atom is -0.441 e. The monoisotopic (exact) mass is 473 g/mol. The lowest BCUT2D eigenvalue weighted by Gasteiger charge is -2.24. The predicted octanol–water partition coefficient (Wildman–Crippen LogP) is 5.00. The van der Waals surface area contributed by atoms with Crippen LogP contribution >= 0.6 is 0 Å². The Balaban J connectivity index is 0.000000185. The van der Waals surface area contributed by atoms with Gasteiger partial charge in [0.05, 0.1) is 12.2 Å². The number of hydrogen-bond acceptors (Lipinski definition) is 6. The Hall–Kier alpha value is -3.40. The van der Waals surface area contributed by atoms with Gasteiger partial charge >= 0.3 is 11.8 Å². The first kappa shape index (κ1) is 25.2. The van der Waals surface area contributed by atoms with Crippen LogP contribution in [0.4, 0.5) is 14.6 Å². The molecular weight excluding hydrogens is 444 g/mol. The largest absolute Gasteiger partial charge is 0.441 e. The molecule has 2 aliphatic rings. The van der Waals surface area contributed by atoms with Gasteiger partial charge in [0.15, 0.2) is 0 Å². The highest BCUT2D eigenvalue weighted by Gasteiger charge is 2.28. The van der Waals surface area contributed by atoms with E-state index in [1.807, 2.05) is 19.1 Å². The summed E-state index contributed by atoms with van der Waals surface area (Å²) in [6.07, 6.45) is 3.57. The third kappa shape index (κ3) is 6.34. The van der Waals surface area contributed by atoms with Crippen molar-refractivity contribution in [1.82, 2.24) is 19.4 Å². The molecule has 1 unspecified atom stereocenters. The molecule has 8 nitrogen and oxygen atoms in total. The van der Waals surface area contributed by atoms with Crippen molar-refractivity contribution in [1.29, 1.82) is 0 Å². The molecule has 4 heterocycles. The minimum atomic E-state index is -0.575. The number of hydrogen-bond donors (Lipinski definition) is 0. The van der Waals surface area contributed by atoms with Gasteiger partial charge < -0.3 is 19.8 Å². The van der Waals surface area contributed by atoms with E-state index in [2.05, 4.69) is 35.8 Å². The number of pyridine rings is 1. The van der Waals surface area contributed by atoms with Crippen molar-refractivity contribution in [2.24, 2.45) is 0 Å². The van der Waals surface area contributed by atoms with Gasteiger partial charge in [-0.25, -0.2) is 8.78 Å². The second-order valence-corrected chi connectivity index (χ2v) is 8.37. The van der Waals surface area contributed by atoms with Crippen molar-refractivity contribution in [2.45, 2.75) is 52.8 Å². The summed E-state index contributed by atoms with van der Waals surface area (Å²) < 4.78 is 33.3. The van der Waals surface area contributed by atoms with Gasteiger partial charge in [0.2, 0.25) is 0 Å². The fraction of sp³-hybridized carbons (Fsp3) is 0.417. The number of fused-ring (bicyclic) bond motifs is 2. The number of rotatable bonds is 2. The Bertz CT molecular complexity index is 1110. The van der Waals surface area contributed by atoms with E-state index in [-0.39, 0.29) is 11.9 Å². The van der Waals surface area contributed by atoms with E-state index in [1.54, 1.807) is 4.57 Å². The van der Waals surface area contributed by atoms with Crippen LogP contribution in [0.3, 0.4) is 0 Å². The summed E-state index contributed by atoms with van der Waals surface area (Å²) in [5.74, 6) is -1.31. The lowest BCUT2D eigenvalue weighted by atomic mass is 10.0. The lowest BCUT2D eigenvalue weighted by molar-refractivity contribution is -0.389. The molecule has 2 aromatic heterocycles. The van der Waals surface area contributed by atoms with Gasteiger partial charge in [-0.05, 0) is 42.7 Å². The van der Waals surface area contributed by atoms with Crippen LogP contribution in [0.1, 0.15) is 38.4 Å². The zero-order valence-electron chi connectivity index (χ0n) is 19.8. The first-order valence-corrected chi connectivity index (χ1v) is 11.2. The number of aromatic nitrogens is 3. The molecule has 0 radical (unpaired) electrons. The number of likely N-dealkylation sites (N-methyl/N-ethyl adjacent to an activating group) is 1. The summed E-state index contributed by atoms with van der Waals surface area (Å²) in [4.78, 5) is 20.2. The van der Waals surface area contributed by atoms with Crippen molar-refractivity contribution in [3.8, 4) is 17.3 Å². The molecule has 0 saturated heterocycles. The number of halogens is 2. The number of imidazole rings is 1. The molecule has 2 aliphatic heterocycles. The molecule has 0 spiro atoms. The van der Waals surface area contributed by atoms with E-state index in [0.717, 1.165) is 31.3 Å². The van der Waals surface area contributed by atoms with Crippen molar-refractivity contribution in [3.05, 3.63) is 69.5 Å². The zero-order valence-corrected chi connectivity index (χ0v) is 19.8. The molecule has 3 aromatic rings. The molecule has 0 saturated carbocycles. The van der Waals surface area contributed by atoms with Crippen molar-refractivity contribution in [3.63, 3.8) is 0 Å². The smallest absolute Gasteiger partial charge is 0.414 e. The highest BCUT2D eigenvalue weighted by Crippen LogP contribution is 2.25. The molecule has 0 aliphatic carbocycles. The molecule has 34 heavy (non-hydrogen) atoms. The molecule has 1 atom stereocenters. The van der Waals surface area contributed by atoms with Gasteiger partial charge in [0.25, 0.3) is 0 Å². The van der Waals surface area contributed by atoms with E-state index < -0.39 is 16.6 Å². The molecule has 182 valence electrons. The summed E-state index contributed by atoms with van der Waals surface area (Å²) in [5.41, 5.74) is 3.33. The summed E-state index contributed by atoms with van der Waals surface area (Å²) >= 11 is 0. The fourth-order valence-corrected chi connectivity index (χ4v) is 3.61. The Morgan fingerprint density at radius 2 is 1.85 bits per heavy atom. The lowest BCUT2D eigenvalue weighted by Crippen LogP contribution is -2.27. The number of nitrogens with zero attached hydrogens (tertiary/aromatic N) is 5. The SMILES string of the molecule is CC1Cn2cc([N+](=O)[O-])nc2O1.CCC.CN1CCc2nc(-c3cc(F)cc(F)c3)ccc2C1. The van der Waals surface area contributed by atoms with Gasteiger partial charge in [0, 0.05) is 41.8 Å². The fourth-order valence-electron chi connectivity index (χ4n) is 3.61. The van der Waals surface area contributed by atoms with Gasteiger partial charge in [-0.2, -0.15) is 0 Å². The molecule has 0 fully saturated rings. The van der Waals surface area contributed by atoms with E-state index >= 15 is 0 Å². The third-order valence-corrected chi connectivity index (χ3v) is 5.07. The number of nitro groups is 1. The van der Waals surface area contributed by atoms with E-state index in [0.29, 0.717) is 23.8 Å². The highest BCUT2D eigenvalue weighted by molar-refractivity contribution is 5.60. The van der Waals surface area contributed by atoms with Crippen LogP contribution < -0.4 is 4.74 Å². The average molecular weight is 474 g/mol. The Kier molecular flexibility index (Phi) is 8.27. The van der Waals surface area contributed by atoms with Crippen molar-refractivity contribution < 1.29 is 18.4 Å². The first-order valence-electron chi connectivity index (χ1n) is 11.2. The van der Waals surface area contributed by atoms with Gasteiger partial charge in [-0.15, -0.1) is 0 Å². The van der Waals surface area contributed by atoms with Crippen LogP contribution in [0.5, 0.6) is 6.01 Å². The van der Waals surface area contributed by atoms with Crippen LogP contribution in [0.2, 0.25) is 0 Å². The number of benzene rings is 1. The standard InChI is InChI=1S/C15H14F2N2.C6H7N3O3.C3H8/c1-19-5-4-15-10(9-19)2-3-14(18-15)11-6-12(16)8-13(17)7-11;1-4-2-8-3-5(9(10)11)7-6(8)12-4;1-3-2/h2-3,6-8H,4-5,9H2,1H3;3-4H,2H2,1H3;3H2,1-2H3. The number of ether oxygens (including phenoxy) is 1. The van der Waals surface area contributed by atoms with Crippen LogP contribution in [0.15, 0.2) is 36.5 Å². The Morgan fingerprint density at radius 3 is 2.47 bits per heavy atom. The Morgan fingerprint density at radius 1 is 1.18 bits per heavy atom. The topological polar surface area (TPSA) is 86.3 Å². The molecule has 5 rings (SSSR count). The van der Waals surface area contributed by atoms with E-state index in [9.17, 15) is 18.9 Å². The third-order valence-electron chi connectivity index (χ3n) is 5.07. The summed E-state index contributed by atoms with van der Waals surface area (Å²) in [6, 6.07) is 7.66. The summed E-state index contributed by atoms with van der Waals surface area (Å²) in [7, 11) is 2.07. The van der Waals surface area contributed by atoms with Gasteiger partial charge in [-0.1, -0.05) is 26.3 Å².